The van der Waals surface area contributed by atoms with E-state index in [0.29, 0.717) is 27.6 Å². The molecule has 1 aliphatic rings. The van der Waals surface area contributed by atoms with Gasteiger partial charge in [0.25, 0.3) is 5.56 Å². The molecule has 0 radical (unpaired) electrons. The second-order valence-electron chi connectivity index (χ2n) is 7.49. The van der Waals surface area contributed by atoms with Gasteiger partial charge < -0.3 is 5.32 Å². The van der Waals surface area contributed by atoms with Crippen LogP contribution < -0.4 is 10.9 Å². The minimum Gasteiger partial charge on any atom is -0.326 e. The molecule has 0 saturated carbocycles. The topological polar surface area (TPSA) is 94.7 Å². The van der Waals surface area contributed by atoms with Crippen molar-refractivity contribution in [2.24, 2.45) is 0 Å². The van der Waals surface area contributed by atoms with Crippen molar-refractivity contribution in [2.75, 3.05) is 11.1 Å². The van der Waals surface area contributed by atoms with E-state index in [4.69, 9.17) is 0 Å². The lowest BCUT2D eigenvalue weighted by atomic mass is 10.1. The monoisotopic (exact) mass is 384 g/mol. The zero-order valence-corrected chi connectivity index (χ0v) is 16.2. The van der Waals surface area contributed by atoms with Crippen molar-refractivity contribution >= 4 is 34.4 Å². The maximum Gasteiger partial charge on any atom is 0.265 e. The predicted molar refractivity (Wildman–Crippen MR) is 104 cm³/mol. The molecule has 0 fully saturated rings. The van der Waals surface area contributed by atoms with Crippen LogP contribution in [0.15, 0.2) is 40.7 Å². The van der Waals surface area contributed by atoms with Crippen LogP contribution in [-0.4, -0.2) is 36.0 Å². The second kappa shape index (κ2) is 6.49. The Morgan fingerprint density at radius 1 is 1.33 bits per heavy atom. The number of nitrogens with zero attached hydrogens (tertiary/aromatic N) is 5. The molecule has 1 N–H and O–H groups in total. The summed E-state index contributed by atoms with van der Waals surface area (Å²) in [5.41, 5.74) is 0.867. The van der Waals surface area contributed by atoms with Crippen molar-refractivity contribution in [1.82, 2.24) is 24.3 Å². The summed E-state index contributed by atoms with van der Waals surface area (Å²) in [5.74, 6) is 0.499. The van der Waals surface area contributed by atoms with Crippen LogP contribution in [0.3, 0.4) is 0 Å². The van der Waals surface area contributed by atoms with Crippen molar-refractivity contribution in [3.8, 4) is 0 Å². The van der Waals surface area contributed by atoms with Gasteiger partial charge in [0.05, 0.1) is 17.8 Å². The fourth-order valence-corrected chi connectivity index (χ4v) is 4.26. The number of aromatic nitrogens is 5. The highest BCUT2D eigenvalue weighted by molar-refractivity contribution is 7.99. The van der Waals surface area contributed by atoms with Crippen LogP contribution in [-0.2, 0) is 10.3 Å². The van der Waals surface area contributed by atoms with Gasteiger partial charge in [-0.05, 0) is 32.9 Å². The van der Waals surface area contributed by atoms with Crippen molar-refractivity contribution in [3.63, 3.8) is 0 Å². The number of anilines is 1. The molecule has 9 heteroatoms. The molecule has 1 aliphatic heterocycles. The Balaban J connectivity index is 1.64. The van der Waals surface area contributed by atoms with Crippen LogP contribution in [0.5, 0.6) is 0 Å². The van der Waals surface area contributed by atoms with Crippen molar-refractivity contribution in [3.05, 3.63) is 41.1 Å². The van der Waals surface area contributed by atoms with Gasteiger partial charge in [0.2, 0.25) is 5.91 Å². The van der Waals surface area contributed by atoms with Crippen LogP contribution in [0.1, 0.15) is 33.2 Å². The molecule has 0 spiro atoms. The molecule has 8 nitrogen and oxygen atoms in total. The lowest BCUT2D eigenvalue weighted by Gasteiger charge is -2.20. The summed E-state index contributed by atoms with van der Waals surface area (Å²) >= 11 is 1.50. The van der Waals surface area contributed by atoms with E-state index in [2.05, 4.69) is 20.4 Å². The third kappa shape index (κ3) is 3.23. The Labute approximate surface area is 160 Å². The Bertz CT molecular complexity index is 1070. The molecule has 1 amide bonds. The molecule has 1 atom stereocenters. The van der Waals surface area contributed by atoms with Crippen LogP contribution in [0.2, 0.25) is 0 Å². The van der Waals surface area contributed by atoms with Crippen LogP contribution in [0.25, 0.3) is 11.0 Å². The predicted octanol–water partition coefficient (Wildman–Crippen LogP) is 2.42. The number of carbonyl (C=O) groups is 1. The highest BCUT2D eigenvalue weighted by Crippen LogP contribution is 2.33. The number of hydrogen-bond acceptors (Lipinski definition) is 6. The molecular formula is C18H20N6O2S. The van der Waals surface area contributed by atoms with Crippen molar-refractivity contribution in [1.29, 1.82) is 0 Å². The van der Waals surface area contributed by atoms with Crippen LogP contribution in [0.4, 0.5) is 5.69 Å². The Morgan fingerprint density at radius 3 is 2.78 bits per heavy atom. The first-order chi connectivity index (χ1) is 12.8. The highest BCUT2D eigenvalue weighted by atomic mass is 32.2. The first kappa shape index (κ1) is 17.7. The summed E-state index contributed by atoms with van der Waals surface area (Å²) < 4.78 is 3.41. The van der Waals surface area contributed by atoms with Crippen LogP contribution in [0, 0.1) is 0 Å². The van der Waals surface area contributed by atoms with Gasteiger partial charge in [-0.2, -0.15) is 5.10 Å². The number of amides is 1. The summed E-state index contributed by atoms with van der Waals surface area (Å²) in [6.07, 6.45) is 5.02. The van der Waals surface area contributed by atoms with Gasteiger partial charge in [0, 0.05) is 30.3 Å². The maximum absolute atomic E-state index is 13.0. The maximum atomic E-state index is 13.0. The lowest BCUT2D eigenvalue weighted by molar-refractivity contribution is -0.116. The third-order valence-electron chi connectivity index (χ3n) is 4.39. The number of pyridine rings is 1. The minimum atomic E-state index is -0.271. The van der Waals surface area contributed by atoms with E-state index >= 15 is 0 Å². The summed E-state index contributed by atoms with van der Waals surface area (Å²) in [4.78, 5) is 34.0. The van der Waals surface area contributed by atoms with E-state index in [1.54, 1.807) is 40.0 Å². The number of fused-ring (bicyclic) bond motifs is 2. The van der Waals surface area contributed by atoms with Gasteiger partial charge in [-0.15, -0.1) is 0 Å². The standard InChI is InChI=1S/C18H20N6O2S/c1-18(2,3)24-15-13(9-20-24)16(26)23-12(10-27-17(23)22-15)8-14(25)21-11-4-6-19-7-5-11/h4-7,9,12H,8,10H2,1-3H3,(H,19,21,25). The quantitative estimate of drug-likeness (QED) is 0.697. The van der Waals surface area contributed by atoms with Crippen LogP contribution >= 0.6 is 11.8 Å². The largest absolute Gasteiger partial charge is 0.326 e. The molecule has 4 heterocycles. The van der Waals surface area contributed by atoms with Gasteiger partial charge in [-0.25, -0.2) is 9.67 Å². The zero-order valence-electron chi connectivity index (χ0n) is 15.3. The average molecular weight is 384 g/mol. The normalized spacial score (nSPS) is 16.5. The first-order valence-corrected chi connectivity index (χ1v) is 9.66. The van der Waals surface area contributed by atoms with E-state index in [1.165, 1.54) is 11.8 Å². The molecule has 0 bridgehead atoms. The number of hydrogen-bond donors (Lipinski definition) is 1. The molecule has 3 aromatic rings. The smallest absolute Gasteiger partial charge is 0.265 e. The van der Waals surface area contributed by atoms with E-state index in [0.717, 1.165) is 0 Å². The van der Waals surface area contributed by atoms with Gasteiger partial charge in [0.15, 0.2) is 10.8 Å². The Kier molecular flexibility index (Phi) is 4.26. The number of rotatable bonds is 3. The second-order valence-corrected chi connectivity index (χ2v) is 8.47. The van der Waals surface area contributed by atoms with E-state index < -0.39 is 0 Å². The highest BCUT2D eigenvalue weighted by Gasteiger charge is 2.30. The molecule has 3 aromatic heterocycles. The average Bonchev–Trinajstić information content (AvgIpc) is 3.20. The Morgan fingerprint density at radius 2 is 2.07 bits per heavy atom. The van der Waals surface area contributed by atoms with E-state index in [9.17, 15) is 9.59 Å². The van der Waals surface area contributed by atoms with E-state index in [1.807, 2.05) is 20.8 Å². The molecule has 0 saturated heterocycles. The summed E-state index contributed by atoms with van der Waals surface area (Å²) in [6, 6.07) is 3.23. The van der Waals surface area contributed by atoms with Gasteiger partial charge in [-0.3, -0.25) is 19.1 Å². The molecule has 0 aliphatic carbocycles. The van der Waals surface area contributed by atoms with Crippen molar-refractivity contribution < 1.29 is 4.79 Å². The molecule has 1 unspecified atom stereocenters. The SMILES string of the molecule is CC(C)(C)n1ncc2c(=O)n3c(nc21)SCC3CC(=O)Nc1ccncc1. The number of thioether (sulfide) groups is 1. The number of nitrogens with one attached hydrogen (secondary N) is 1. The number of carbonyl (C=O) groups excluding carboxylic acids is 1. The van der Waals surface area contributed by atoms with E-state index in [-0.39, 0.29) is 29.5 Å². The molecule has 140 valence electrons. The fourth-order valence-electron chi connectivity index (χ4n) is 3.13. The first-order valence-electron chi connectivity index (χ1n) is 8.68. The van der Waals surface area contributed by atoms with Gasteiger partial charge >= 0.3 is 0 Å². The molecule has 27 heavy (non-hydrogen) atoms. The summed E-state index contributed by atoms with van der Waals surface area (Å²) in [6.45, 7) is 6.06. The third-order valence-corrected chi connectivity index (χ3v) is 5.49. The lowest BCUT2D eigenvalue weighted by Crippen LogP contribution is -2.29. The fraction of sp³-hybridized carbons (Fsp3) is 0.389. The Hall–Kier alpha value is -2.68. The molecular weight excluding hydrogens is 364 g/mol. The van der Waals surface area contributed by atoms with Crippen molar-refractivity contribution in [2.45, 2.75) is 43.9 Å². The van der Waals surface area contributed by atoms with Gasteiger partial charge in [-0.1, -0.05) is 11.8 Å². The minimum absolute atomic E-state index is 0.141. The summed E-state index contributed by atoms with van der Waals surface area (Å²) in [5, 5.41) is 8.32. The zero-order chi connectivity index (χ0) is 19.2. The molecule has 0 aromatic carbocycles. The molecule has 4 rings (SSSR count). The summed E-state index contributed by atoms with van der Waals surface area (Å²) in [7, 11) is 0. The van der Waals surface area contributed by atoms with Gasteiger partial charge in [0.1, 0.15) is 5.39 Å².